The fourth-order valence-corrected chi connectivity index (χ4v) is 5.88. The molecule has 0 aromatic heterocycles. The third kappa shape index (κ3) is 3.46. The Kier molecular flexibility index (Phi) is 5.52. The average molecular weight is 476 g/mol. The maximum Gasteiger partial charge on any atom is 0.328 e. The lowest BCUT2D eigenvalue weighted by Crippen LogP contribution is -2.42. The molecule has 1 aromatic rings. The first kappa shape index (κ1) is 22.9. The number of carbonyl (C=O) groups excluding carboxylic acids is 5. The summed E-state index contributed by atoms with van der Waals surface area (Å²) in [7, 11) is 0. The zero-order valence-corrected chi connectivity index (χ0v) is 19.0. The van der Waals surface area contributed by atoms with Gasteiger partial charge in [0.1, 0.15) is 12.4 Å². The maximum absolute atomic E-state index is 13.3. The van der Waals surface area contributed by atoms with Gasteiger partial charge in [0.2, 0.25) is 11.8 Å². The molecular weight excluding hydrogens is 452 g/mol. The van der Waals surface area contributed by atoms with Gasteiger partial charge in [-0.25, -0.2) is 4.79 Å². The summed E-state index contributed by atoms with van der Waals surface area (Å²) >= 11 is 0. The number of rotatable bonds is 4. The molecule has 0 saturated carbocycles. The quantitative estimate of drug-likeness (QED) is 0.381. The van der Waals surface area contributed by atoms with Crippen LogP contribution in [0.4, 0.5) is 4.79 Å². The Hall–Kier alpha value is -3.85. The van der Waals surface area contributed by atoms with Crippen molar-refractivity contribution in [3.63, 3.8) is 0 Å². The van der Waals surface area contributed by atoms with E-state index in [4.69, 9.17) is 15.6 Å². The monoisotopic (exact) mass is 476 g/mol. The van der Waals surface area contributed by atoms with Gasteiger partial charge in [-0.1, -0.05) is 23.8 Å². The first-order valence-corrected chi connectivity index (χ1v) is 11.5. The maximum atomic E-state index is 13.3. The predicted molar refractivity (Wildman–Crippen MR) is 122 cm³/mol. The summed E-state index contributed by atoms with van der Waals surface area (Å²) in [4.78, 5) is 64.6. The van der Waals surface area contributed by atoms with Gasteiger partial charge >= 0.3 is 6.03 Å². The molecule has 3 N–H and O–H groups in total. The van der Waals surface area contributed by atoms with E-state index in [0.717, 1.165) is 11.1 Å². The highest BCUT2D eigenvalue weighted by Gasteiger charge is 2.57. The minimum absolute atomic E-state index is 0.130. The minimum Gasteiger partial charge on any atom is -0.491 e. The molecule has 0 spiro atoms. The molecule has 4 unspecified atom stereocenters. The first-order chi connectivity index (χ1) is 16.7. The van der Waals surface area contributed by atoms with Crippen molar-refractivity contribution in [1.82, 2.24) is 4.90 Å². The van der Waals surface area contributed by atoms with Crippen molar-refractivity contribution in [2.45, 2.75) is 25.7 Å². The summed E-state index contributed by atoms with van der Waals surface area (Å²) < 4.78 is 5.44. The number of imide groups is 3. The number of aliphatic hydroxyl groups excluding tert-OH is 1. The molecule has 9 heteroatoms. The van der Waals surface area contributed by atoms with Crippen LogP contribution in [0.25, 0.3) is 0 Å². The van der Waals surface area contributed by atoms with Crippen molar-refractivity contribution in [3.8, 4) is 5.75 Å². The second-order valence-corrected chi connectivity index (χ2v) is 9.22. The van der Waals surface area contributed by atoms with Gasteiger partial charge < -0.3 is 15.6 Å². The zero-order chi connectivity index (χ0) is 25.0. The number of carbonyl (C=O) groups is 5. The minimum atomic E-state index is -1.11. The lowest BCUT2D eigenvalue weighted by atomic mass is 9.59. The molecule has 3 aliphatic carbocycles. The van der Waals surface area contributed by atoms with Gasteiger partial charge in [0.05, 0.1) is 18.4 Å². The van der Waals surface area contributed by atoms with Crippen molar-refractivity contribution in [2.24, 2.45) is 23.5 Å². The Balaban J connectivity index is 1.63. The third-order valence-electron chi connectivity index (χ3n) is 7.36. The summed E-state index contributed by atoms with van der Waals surface area (Å²) in [5, 5.41) is 8.99. The molecule has 4 aliphatic rings. The summed E-state index contributed by atoms with van der Waals surface area (Å²) in [5.41, 5.74) is 7.92. The molecule has 180 valence electrons. The van der Waals surface area contributed by atoms with Crippen molar-refractivity contribution in [1.29, 1.82) is 0 Å². The van der Waals surface area contributed by atoms with Gasteiger partial charge in [0.15, 0.2) is 11.6 Å². The van der Waals surface area contributed by atoms with Crippen LogP contribution >= 0.6 is 0 Å². The molecule has 1 saturated heterocycles. The summed E-state index contributed by atoms with van der Waals surface area (Å²) in [6.45, 7) is 1.61. The Morgan fingerprint density at radius 2 is 1.83 bits per heavy atom. The number of amides is 4. The first-order valence-electron chi connectivity index (χ1n) is 11.5. The number of hydrogen-bond acceptors (Lipinski definition) is 7. The molecule has 35 heavy (non-hydrogen) atoms. The molecule has 1 heterocycles. The van der Waals surface area contributed by atoms with E-state index in [9.17, 15) is 24.0 Å². The molecule has 4 atom stereocenters. The number of primary amides is 1. The van der Waals surface area contributed by atoms with E-state index in [1.807, 2.05) is 6.08 Å². The van der Waals surface area contributed by atoms with Crippen LogP contribution in [-0.4, -0.2) is 52.6 Å². The van der Waals surface area contributed by atoms with Crippen LogP contribution in [0.1, 0.15) is 31.2 Å². The molecule has 5 rings (SSSR count). The van der Waals surface area contributed by atoms with E-state index in [2.05, 4.69) is 0 Å². The number of urea groups is 1. The second-order valence-electron chi connectivity index (χ2n) is 9.22. The highest BCUT2D eigenvalue weighted by atomic mass is 16.5. The van der Waals surface area contributed by atoms with Gasteiger partial charge in [-0.2, -0.15) is 4.90 Å². The van der Waals surface area contributed by atoms with Crippen LogP contribution in [0.3, 0.4) is 0 Å². The number of ether oxygens (including phenoxy) is 1. The number of nitrogens with zero attached hydrogens (tertiary/aromatic N) is 1. The van der Waals surface area contributed by atoms with Gasteiger partial charge in [-0.15, -0.1) is 0 Å². The Bertz CT molecular complexity index is 1270. The highest BCUT2D eigenvalue weighted by Crippen LogP contribution is 2.55. The highest BCUT2D eigenvalue weighted by molar-refractivity contribution is 6.24. The van der Waals surface area contributed by atoms with Gasteiger partial charge in [-0.3, -0.25) is 19.2 Å². The van der Waals surface area contributed by atoms with Crippen molar-refractivity contribution < 1.29 is 33.8 Å². The Morgan fingerprint density at radius 1 is 1.11 bits per heavy atom. The van der Waals surface area contributed by atoms with E-state index >= 15 is 0 Å². The standard InChI is InChI=1S/C26H24N2O7/c1-12-10-19(30)18-11-17-15(6-7-16-21(17)25(33)28(24(16)32)26(27)34)20(22(18)23(12)31)13-2-4-14(5-3-13)35-9-8-29/h2-6,10,16-17,20-21,29H,7-9,11H2,1H3,(H2,27,34). The number of nitrogens with two attached hydrogens (primary N) is 1. The fourth-order valence-electron chi connectivity index (χ4n) is 5.88. The number of ketones is 2. The molecule has 0 bridgehead atoms. The number of likely N-dealkylation sites (tertiary alicyclic amines) is 1. The summed E-state index contributed by atoms with van der Waals surface area (Å²) in [6.07, 6.45) is 3.56. The molecule has 4 amide bonds. The molecule has 1 aromatic carbocycles. The third-order valence-corrected chi connectivity index (χ3v) is 7.36. The van der Waals surface area contributed by atoms with Crippen molar-refractivity contribution in [2.75, 3.05) is 13.2 Å². The van der Waals surface area contributed by atoms with Crippen LogP contribution in [-0.2, 0) is 19.2 Å². The molecule has 1 fully saturated rings. The molecular formula is C26H24N2O7. The predicted octanol–water partition coefficient (Wildman–Crippen LogP) is 1.57. The van der Waals surface area contributed by atoms with Crippen molar-refractivity contribution in [3.05, 3.63) is 64.3 Å². The number of fused-ring (bicyclic) bond motifs is 3. The van der Waals surface area contributed by atoms with Crippen LogP contribution in [0.15, 0.2) is 58.7 Å². The van der Waals surface area contributed by atoms with Gasteiger partial charge in [0.25, 0.3) is 0 Å². The van der Waals surface area contributed by atoms with Crippen molar-refractivity contribution >= 4 is 29.4 Å². The van der Waals surface area contributed by atoms with Crippen LogP contribution in [0, 0.1) is 17.8 Å². The van der Waals surface area contributed by atoms with E-state index in [0.29, 0.717) is 27.4 Å². The Morgan fingerprint density at radius 3 is 2.49 bits per heavy atom. The molecule has 9 nitrogen and oxygen atoms in total. The SMILES string of the molecule is CC1=CC(=O)C2=C(C1=O)C(c1ccc(OCCO)cc1)C1=CCC3C(=O)N(C(N)=O)C(=O)C3C1C2. The smallest absolute Gasteiger partial charge is 0.328 e. The van der Waals surface area contributed by atoms with E-state index in [1.165, 1.54) is 6.08 Å². The normalized spacial score (nSPS) is 27.8. The lowest BCUT2D eigenvalue weighted by molar-refractivity contribution is -0.136. The van der Waals surface area contributed by atoms with Crippen LogP contribution in [0.5, 0.6) is 5.75 Å². The number of Topliss-reactive ketones (excluding diaryl/α,β-unsaturated/α-hetero) is 1. The Labute approximate surface area is 200 Å². The number of aliphatic hydroxyl groups is 1. The molecule has 1 aliphatic heterocycles. The number of benzene rings is 1. The van der Waals surface area contributed by atoms with E-state index in [1.54, 1.807) is 31.2 Å². The van der Waals surface area contributed by atoms with Crippen LogP contribution in [0.2, 0.25) is 0 Å². The number of hydrogen-bond donors (Lipinski definition) is 2. The van der Waals surface area contributed by atoms with E-state index in [-0.39, 0.29) is 37.6 Å². The lowest BCUT2D eigenvalue weighted by Gasteiger charge is -2.42. The van der Waals surface area contributed by atoms with Gasteiger partial charge in [0, 0.05) is 22.6 Å². The second kappa shape index (κ2) is 8.42. The largest absolute Gasteiger partial charge is 0.491 e. The number of allylic oxidation sites excluding steroid dienone is 6. The van der Waals surface area contributed by atoms with E-state index < -0.39 is 41.5 Å². The zero-order valence-electron chi connectivity index (χ0n) is 19.0. The van der Waals surface area contributed by atoms with Crippen LogP contribution < -0.4 is 10.5 Å². The summed E-state index contributed by atoms with van der Waals surface area (Å²) in [5.74, 6) is -3.89. The van der Waals surface area contributed by atoms with Gasteiger partial charge in [-0.05, 0) is 49.5 Å². The molecule has 0 radical (unpaired) electrons. The topological polar surface area (TPSA) is 144 Å². The summed E-state index contributed by atoms with van der Waals surface area (Å²) in [6, 6.07) is 5.92. The average Bonchev–Trinajstić information content (AvgIpc) is 3.10. The fraction of sp³-hybridized carbons (Fsp3) is 0.346.